The fraction of sp³-hybridized carbons (Fsp3) is 0.409. The van der Waals surface area contributed by atoms with Gasteiger partial charge in [-0.1, -0.05) is 29.8 Å². The number of anilines is 2. The Bertz CT molecular complexity index is 748. The molecule has 138 valence electrons. The molecule has 0 spiro atoms. The molecule has 0 aromatic heterocycles. The van der Waals surface area contributed by atoms with E-state index in [4.69, 9.17) is 12.2 Å². The van der Waals surface area contributed by atoms with E-state index in [-0.39, 0.29) is 6.04 Å². The third-order valence-electron chi connectivity index (χ3n) is 5.09. The Kier molecular flexibility index (Phi) is 6.15. The topological polar surface area (TPSA) is 27.3 Å². The summed E-state index contributed by atoms with van der Waals surface area (Å²) in [6, 6.07) is 15.4. The lowest BCUT2D eigenvalue weighted by atomic mass is 10.1. The van der Waals surface area contributed by atoms with Crippen molar-refractivity contribution in [2.45, 2.75) is 46.1 Å². The average Bonchev–Trinajstić information content (AvgIpc) is 2.65. The van der Waals surface area contributed by atoms with Crippen LogP contribution in [0.4, 0.5) is 11.4 Å². The summed E-state index contributed by atoms with van der Waals surface area (Å²) in [4.78, 5) is 2.48. The van der Waals surface area contributed by atoms with Gasteiger partial charge in [0.2, 0.25) is 0 Å². The molecule has 1 atom stereocenters. The van der Waals surface area contributed by atoms with Gasteiger partial charge < -0.3 is 15.5 Å². The van der Waals surface area contributed by atoms with Gasteiger partial charge in [-0.15, -0.1) is 0 Å². The largest absolute Gasteiger partial charge is 0.372 e. The normalized spacial score (nSPS) is 15.4. The lowest BCUT2D eigenvalue weighted by molar-refractivity contribution is 0.577. The molecule has 0 aliphatic carbocycles. The Morgan fingerprint density at radius 2 is 1.69 bits per heavy atom. The average molecular weight is 368 g/mol. The first-order valence-corrected chi connectivity index (χ1v) is 9.93. The minimum Gasteiger partial charge on any atom is -0.372 e. The summed E-state index contributed by atoms with van der Waals surface area (Å²) in [6.45, 7) is 8.70. The van der Waals surface area contributed by atoms with Gasteiger partial charge in [0, 0.05) is 24.5 Å². The van der Waals surface area contributed by atoms with Gasteiger partial charge in [0.15, 0.2) is 5.11 Å². The lowest BCUT2D eigenvalue weighted by Gasteiger charge is -2.29. The predicted octanol–water partition coefficient (Wildman–Crippen LogP) is 5.34. The summed E-state index contributed by atoms with van der Waals surface area (Å²) in [7, 11) is 0. The molecular weight excluding hydrogens is 338 g/mol. The van der Waals surface area contributed by atoms with Gasteiger partial charge in [-0.05, 0) is 81.6 Å². The summed E-state index contributed by atoms with van der Waals surface area (Å²) in [5.74, 6) is 0. The van der Waals surface area contributed by atoms with E-state index in [1.54, 1.807) is 0 Å². The standard InChI is InChI=1S/C22H29N3S/c1-16-7-12-21(17(2)15-16)24-22(26)23-18(3)19-8-10-20(11-9-19)25-13-5-4-6-14-25/h7-12,15,18H,4-6,13-14H2,1-3H3,(H2,23,24,26)/t18-/m1/s1. The molecule has 0 unspecified atom stereocenters. The number of benzene rings is 2. The summed E-state index contributed by atoms with van der Waals surface area (Å²) in [6.07, 6.45) is 3.97. The second-order valence-corrected chi connectivity index (χ2v) is 7.69. The van der Waals surface area contributed by atoms with Crippen LogP contribution >= 0.6 is 12.2 Å². The minimum absolute atomic E-state index is 0.163. The zero-order valence-electron chi connectivity index (χ0n) is 16.0. The smallest absolute Gasteiger partial charge is 0.171 e. The van der Waals surface area contributed by atoms with Crippen molar-refractivity contribution < 1.29 is 0 Å². The van der Waals surface area contributed by atoms with Crippen LogP contribution in [-0.2, 0) is 0 Å². The number of nitrogens with one attached hydrogen (secondary N) is 2. The number of hydrogen-bond donors (Lipinski definition) is 2. The Morgan fingerprint density at radius 1 is 1.00 bits per heavy atom. The number of thiocarbonyl (C=S) groups is 1. The Balaban J connectivity index is 1.58. The van der Waals surface area contributed by atoms with Crippen LogP contribution in [-0.4, -0.2) is 18.2 Å². The Hall–Kier alpha value is -2.07. The first-order chi connectivity index (χ1) is 12.5. The van der Waals surface area contributed by atoms with Crippen molar-refractivity contribution in [2.24, 2.45) is 0 Å². The minimum atomic E-state index is 0.163. The van der Waals surface area contributed by atoms with Crippen molar-refractivity contribution in [3.63, 3.8) is 0 Å². The monoisotopic (exact) mass is 367 g/mol. The van der Waals surface area contributed by atoms with Crippen molar-refractivity contribution in [3.05, 3.63) is 59.2 Å². The van der Waals surface area contributed by atoms with Crippen LogP contribution in [0.2, 0.25) is 0 Å². The summed E-state index contributed by atoms with van der Waals surface area (Å²) in [5.41, 5.74) is 6.09. The van der Waals surface area contributed by atoms with E-state index in [0.717, 1.165) is 5.69 Å². The SMILES string of the molecule is Cc1ccc(NC(=S)N[C@H](C)c2ccc(N3CCCCC3)cc2)c(C)c1. The molecule has 0 saturated carbocycles. The first-order valence-electron chi connectivity index (χ1n) is 9.52. The second-order valence-electron chi connectivity index (χ2n) is 7.28. The molecule has 4 heteroatoms. The highest BCUT2D eigenvalue weighted by Crippen LogP contribution is 2.23. The molecule has 1 saturated heterocycles. The number of hydrogen-bond acceptors (Lipinski definition) is 2. The molecule has 0 bridgehead atoms. The first kappa shape index (κ1) is 18.7. The number of nitrogens with zero attached hydrogens (tertiary/aromatic N) is 1. The highest BCUT2D eigenvalue weighted by Gasteiger charge is 2.12. The molecule has 1 fully saturated rings. The van der Waals surface area contributed by atoms with E-state index >= 15 is 0 Å². The van der Waals surface area contributed by atoms with E-state index in [1.807, 2.05) is 0 Å². The molecule has 26 heavy (non-hydrogen) atoms. The van der Waals surface area contributed by atoms with E-state index in [2.05, 4.69) is 78.8 Å². The maximum absolute atomic E-state index is 5.50. The molecule has 2 aromatic rings. The molecule has 3 nitrogen and oxygen atoms in total. The quantitative estimate of drug-likeness (QED) is 0.713. The van der Waals surface area contributed by atoms with Crippen LogP contribution in [0.5, 0.6) is 0 Å². The van der Waals surface area contributed by atoms with Crippen LogP contribution in [0.1, 0.15) is 48.9 Å². The van der Waals surface area contributed by atoms with Crippen molar-refractivity contribution >= 4 is 28.7 Å². The van der Waals surface area contributed by atoms with Gasteiger partial charge in [-0.2, -0.15) is 0 Å². The van der Waals surface area contributed by atoms with E-state index in [9.17, 15) is 0 Å². The number of aryl methyl sites for hydroxylation is 2. The van der Waals surface area contributed by atoms with Gasteiger partial charge in [0.1, 0.15) is 0 Å². The number of piperidine rings is 1. The number of rotatable bonds is 4. The van der Waals surface area contributed by atoms with E-state index in [1.165, 1.54) is 54.7 Å². The third kappa shape index (κ3) is 4.76. The van der Waals surface area contributed by atoms with Crippen LogP contribution in [0.15, 0.2) is 42.5 Å². The van der Waals surface area contributed by atoms with E-state index < -0.39 is 0 Å². The highest BCUT2D eigenvalue weighted by molar-refractivity contribution is 7.80. The zero-order valence-corrected chi connectivity index (χ0v) is 16.8. The summed E-state index contributed by atoms with van der Waals surface area (Å²) in [5, 5.41) is 7.36. The maximum Gasteiger partial charge on any atom is 0.171 e. The van der Waals surface area contributed by atoms with Gasteiger partial charge in [-0.3, -0.25) is 0 Å². The van der Waals surface area contributed by atoms with Gasteiger partial charge in [0.05, 0.1) is 6.04 Å². The summed E-state index contributed by atoms with van der Waals surface area (Å²) >= 11 is 5.50. The predicted molar refractivity (Wildman–Crippen MR) is 116 cm³/mol. The molecule has 2 aromatic carbocycles. The van der Waals surface area contributed by atoms with E-state index in [0.29, 0.717) is 5.11 Å². The van der Waals surface area contributed by atoms with Crippen LogP contribution in [0.3, 0.4) is 0 Å². The van der Waals surface area contributed by atoms with Crippen molar-refractivity contribution in [1.29, 1.82) is 0 Å². The molecule has 1 aliphatic rings. The van der Waals surface area contributed by atoms with Crippen LogP contribution < -0.4 is 15.5 Å². The second kappa shape index (κ2) is 8.54. The molecular formula is C22H29N3S. The Labute approximate surface area is 162 Å². The van der Waals surface area contributed by atoms with Crippen molar-refractivity contribution in [2.75, 3.05) is 23.3 Å². The van der Waals surface area contributed by atoms with Gasteiger partial charge in [-0.25, -0.2) is 0 Å². The fourth-order valence-electron chi connectivity index (χ4n) is 3.52. The molecule has 3 rings (SSSR count). The molecule has 1 aliphatic heterocycles. The third-order valence-corrected chi connectivity index (χ3v) is 5.31. The van der Waals surface area contributed by atoms with Crippen molar-refractivity contribution in [1.82, 2.24) is 5.32 Å². The van der Waals surface area contributed by atoms with Gasteiger partial charge in [0.25, 0.3) is 0 Å². The lowest BCUT2D eigenvalue weighted by Crippen LogP contribution is -2.31. The molecule has 0 radical (unpaired) electrons. The summed E-state index contributed by atoms with van der Waals surface area (Å²) < 4.78 is 0. The maximum atomic E-state index is 5.50. The van der Waals surface area contributed by atoms with Crippen LogP contribution in [0, 0.1) is 13.8 Å². The molecule has 0 amide bonds. The van der Waals surface area contributed by atoms with Crippen LogP contribution in [0.25, 0.3) is 0 Å². The molecule has 1 heterocycles. The molecule has 2 N–H and O–H groups in total. The van der Waals surface area contributed by atoms with Gasteiger partial charge >= 0.3 is 0 Å². The highest BCUT2D eigenvalue weighted by atomic mass is 32.1. The Morgan fingerprint density at radius 3 is 2.35 bits per heavy atom. The fourth-order valence-corrected chi connectivity index (χ4v) is 3.80. The zero-order chi connectivity index (χ0) is 18.5. The van der Waals surface area contributed by atoms with Crippen molar-refractivity contribution in [3.8, 4) is 0 Å².